The van der Waals surface area contributed by atoms with Crippen molar-refractivity contribution in [2.75, 3.05) is 11.9 Å². The topological polar surface area (TPSA) is 122 Å². The molecule has 3 aliphatic carbocycles. The number of alkyl halides is 5. The van der Waals surface area contributed by atoms with Crippen LogP contribution in [0.25, 0.3) is 0 Å². The molecule has 0 amide bonds. The molecule has 0 aliphatic heterocycles. The monoisotopic (exact) mass is 547 g/mol. The molecule has 3 aliphatic rings. The van der Waals surface area contributed by atoms with Gasteiger partial charge in [0.25, 0.3) is 5.92 Å². The summed E-state index contributed by atoms with van der Waals surface area (Å²) >= 11 is 0. The highest BCUT2D eigenvalue weighted by atomic mass is 19.4. The number of halogens is 7. The van der Waals surface area contributed by atoms with Crippen molar-refractivity contribution in [3.63, 3.8) is 0 Å². The zero-order valence-electron chi connectivity index (χ0n) is 19.3. The fraction of sp³-hybridized carbons (Fsp3) is 0.500. The van der Waals surface area contributed by atoms with Crippen molar-refractivity contribution in [1.29, 1.82) is 0 Å². The van der Waals surface area contributed by atoms with Crippen LogP contribution in [0.15, 0.2) is 36.9 Å². The Labute approximate surface area is 209 Å². The van der Waals surface area contributed by atoms with Gasteiger partial charge in [-0.25, -0.2) is 32.2 Å². The number of aliphatic hydroxyl groups is 2. The van der Waals surface area contributed by atoms with E-state index in [9.17, 15) is 27.1 Å². The Morgan fingerprint density at radius 3 is 2.26 bits per heavy atom. The Morgan fingerprint density at radius 2 is 1.71 bits per heavy atom. The summed E-state index contributed by atoms with van der Waals surface area (Å²) in [6, 6.07) is 1.93. The first-order chi connectivity index (χ1) is 17.7. The molecule has 2 atom stereocenters. The molecule has 0 spiro atoms. The van der Waals surface area contributed by atoms with E-state index in [0.29, 0.717) is 11.6 Å². The Bertz CT molecular complexity index is 1300. The third kappa shape index (κ3) is 3.97. The van der Waals surface area contributed by atoms with E-state index in [1.54, 1.807) is 0 Å². The van der Waals surface area contributed by atoms with Gasteiger partial charge in [0.2, 0.25) is 5.95 Å². The van der Waals surface area contributed by atoms with Crippen LogP contribution in [0.4, 0.5) is 36.7 Å². The zero-order valence-corrected chi connectivity index (χ0v) is 19.3. The van der Waals surface area contributed by atoms with E-state index in [0.717, 1.165) is 23.1 Å². The van der Waals surface area contributed by atoms with Crippen molar-refractivity contribution in [1.82, 2.24) is 30.2 Å². The third-order valence-corrected chi connectivity index (χ3v) is 7.47. The molecule has 204 valence electrons. The SMILES string of the molecule is O[C@H](CNc1ncc(C23CC(C(F)(F)[C@@](O)(Cn4cnnn4)c4ccc(F)cc4F)(C2)C3)cn1)C(F)(F)F. The first-order valence-electron chi connectivity index (χ1n) is 11.3. The van der Waals surface area contributed by atoms with Crippen LogP contribution in [0.1, 0.15) is 30.4 Å². The van der Waals surface area contributed by atoms with Gasteiger partial charge in [-0.15, -0.1) is 5.10 Å². The fourth-order valence-electron chi connectivity index (χ4n) is 5.53. The van der Waals surface area contributed by atoms with Crippen molar-refractivity contribution in [2.24, 2.45) is 5.41 Å². The number of aliphatic hydroxyl groups excluding tert-OH is 1. The lowest BCUT2D eigenvalue weighted by Crippen LogP contribution is -2.76. The number of nitrogens with zero attached hydrogens (tertiary/aromatic N) is 6. The van der Waals surface area contributed by atoms with Crippen LogP contribution in [0, 0.1) is 17.0 Å². The second-order valence-corrected chi connectivity index (χ2v) is 9.89. The lowest BCUT2D eigenvalue weighted by Gasteiger charge is -2.74. The predicted molar refractivity (Wildman–Crippen MR) is 114 cm³/mol. The third-order valence-electron chi connectivity index (χ3n) is 7.47. The quantitative estimate of drug-likeness (QED) is 0.350. The van der Waals surface area contributed by atoms with Gasteiger partial charge in [0, 0.05) is 34.9 Å². The van der Waals surface area contributed by atoms with E-state index < -0.39 is 64.9 Å². The van der Waals surface area contributed by atoms with Crippen LogP contribution in [0.2, 0.25) is 0 Å². The van der Waals surface area contributed by atoms with Crippen molar-refractivity contribution in [2.45, 2.75) is 55.0 Å². The standard InChI is InChI=1S/C22H20F7N7O2/c23-13-1-2-14(15(24)3-13)20(38,10-36-11-33-34-35-36)22(28,29)19-7-18(8-19,9-19)12-4-30-17(31-5-12)32-6-16(37)21(25,26)27/h1-5,11,16,37-38H,6-10H2,(H,30,31,32)/t16-,18?,19?,20-/m1/s1. The summed E-state index contributed by atoms with van der Waals surface area (Å²) in [7, 11) is 0. The summed E-state index contributed by atoms with van der Waals surface area (Å²) in [4.78, 5) is 7.82. The Kier molecular flexibility index (Phi) is 5.90. The normalized spacial score (nSPS) is 25.2. The Morgan fingerprint density at radius 1 is 1.05 bits per heavy atom. The van der Waals surface area contributed by atoms with Gasteiger partial charge in [-0.1, -0.05) is 0 Å². The number of tetrazole rings is 1. The first-order valence-corrected chi connectivity index (χ1v) is 11.3. The van der Waals surface area contributed by atoms with Gasteiger partial charge in [0.05, 0.1) is 13.1 Å². The predicted octanol–water partition coefficient (Wildman–Crippen LogP) is 2.72. The van der Waals surface area contributed by atoms with Crippen LogP contribution in [-0.4, -0.2) is 65.1 Å². The minimum atomic E-state index is -4.82. The average molecular weight is 547 g/mol. The van der Waals surface area contributed by atoms with Gasteiger partial charge in [0.1, 0.15) is 18.0 Å². The molecule has 9 nitrogen and oxygen atoms in total. The molecule has 3 aromatic rings. The average Bonchev–Trinajstić information content (AvgIpc) is 3.28. The van der Waals surface area contributed by atoms with Gasteiger partial charge in [-0.3, -0.25) is 0 Å². The molecule has 2 aromatic heterocycles. The molecule has 1 aromatic carbocycles. The number of benzene rings is 1. The van der Waals surface area contributed by atoms with Crippen molar-refractivity contribution < 1.29 is 40.9 Å². The summed E-state index contributed by atoms with van der Waals surface area (Å²) in [6.07, 6.45) is -4.21. The van der Waals surface area contributed by atoms with Gasteiger partial charge >= 0.3 is 6.18 Å². The number of hydrogen-bond acceptors (Lipinski definition) is 8. The van der Waals surface area contributed by atoms with E-state index >= 15 is 8.78 Å². The molecular formula is C22H20F7N7O2. The van der Waals surface area contributed by atoms with Crippen LogP contribution in [0.5, 0.6) is 0 Å². The molecule has 3 N–H and O–H groups in total. The molecule has 0 unspecified atom stereocenters. The van der Waals surface area contributed by atoms with Crippen molar-refractivity contribution in [3.8, 4) is 0 Å². The summed E-state index contributed by atoms with van der Waals surface area (Å²) in [5.74, 6) is -6.46. The van der Waals surface area contributed by atoms with E-state index in [-0.39, 0.29) is 25.2 Å². The molecule has 2 bridgehead atoms. The second-order valence-electron chi connectivity index (χ2n) is 9.89. The maximum absolute atomic E-state index is 16.2. The molecule has 0 radical (unpaired) electrons. The summed E-state index contributed by atoms with van der Waals surface area (Å²) in [6.45, 7) is -1.78. The molecule has 2 heterocycles. The summed E-state index contributed by atoms with van der Waals surface area (Å²) < 4.78 is 98.7. The lowest BCUT2D eigenvalue weighted by molar-refractivity contribution is -0.347. The molecular weight excluding hydrogens is 527 g/mol. The van der Waals surface area contributed by atoms with Gasteiger partial charge in [-0.05, 0) is 47.4 Å². The van der Waals surface area contributed by atoms with Crippen LogP contribution >= 0.6 is 0 Å². The van der Waals surface area contributed by atoms with Gasteiger partial charge in [-0.2, -0.15) is 13.2 Å². The van der Waals surface area contributed by atoms with E-state index in [2.05, 4.69) is 30.8 Å². The van der Waals surface area contributed by atoms with Crippen LogP contribution < -0.4 is 5.32 Å². The van der Waals surface area contributed by atoms with Crippen molar-refractivity contribution >= 4 is 5.95 Å². The highest BCUT2D eigenvalue weighted by Crippen LogP contribution is 2.80. The lowest BCUT2D eigenvalue weighted by atomic mass is 9.31. The van der Waals surface area contributed by atoms with E-state index in [1.165, 1.54) is 12.4 Å². The minimum Gasteiger partial charge on any atom is -0.382 e. The fourth-order valence-corrected chi connectivity index (χ4v) is 5.53. The number of rotatable bonds is 9. The van der Waals surface area contributed by atoms with Crippen molar-refractivity contribution in [3.05, 3.63) is 59.7 Å². The summed E-state index contributed by atoms with van der Waals surface area (Å²) in [5.41, 5.74) is -5.96. The zero-order chi connectivity index (χ0) is 27.6. The number of hydrogen-bond donors (Lipinski definition) is 3. The molecule has 0 saturated heterocycles. The van der Waals surface area contributed by atoms with Crippen LogP contribution in [-0.2, 0) is 17.6 Å². The van der Waals surface area contributed by atoms with E-state index in [1.807, 2.05) is 0 Å². The first kappa shape index (κ1) is 26.2. The van der Waals surface area contributed by atoms with Crippen LogP contribution in [0.3, 0.4) is 0 Å². The summed E-state index contributed by atoms with van der Waals surface area (Å²) in [5, 5.41) is 32.9. The smallest absolute Gasteiger partial charge is 0.382 e. The minimum absolute atomic E-state index is 0.114. The highest BCUT2D eigenvalue weighted by molar-refractivity contribution is 5.42. The van der Waals surface area contributed by atoms with Gasteiger partial charge in [0.15, 0.2) is 11.7 Å². The Balaban J connectivity index is 1.35. The number of nitrogens with one attached hydrogen (secondary N) is 1. The maximum atomic E-state index is 16.2. The maximum Gasteiger partial charge on any atom is 0.416 e. The number of aromatic nitrogens is 6. The van der Waals surface area contributed by atoms with Gasteiger partial charge < -0.3 is 15.5 Å². The highest BCUT2D eigenvalue weighted by Gasteiger charge is 2.82. The molecule has 3 saturated carbocycles. The molecule has 3 fully saturated rings. The molecule has 16 heteroatoms. The molecule has 6 rings (SSSR count). The molecule has 38 heavy (non-hydrogen) atoms. The van der Waals surface area contributed by atoms with E-state index in [4.69, 9.17) is 5.11 Å². The second kappa shape index (κ2) is 8.56. The number of anilines is 1. The largest absolute Gasteiger partial charge is 0.416 e. The Hall–Kier alpha value is -3.40.